The molecule has 4 nitrogen and oxygen atoms in total. The van der Waals surface area contributed by atoms with Gasteiger partial charge in [0.05, 0.1) is 19.6 Å². The van der Waals surface area contributed by atoms with Gasteiger partial charge in [0.2, 0.25) is 19.7 Å². The Bertz CT molecular complexity index is 1640. The second-order valence-corrected chi connectivity index (χ2v) is 15.4. The molecule has 6 heteroatoms. The van der Waals surface area contributed by atoms with Gasteiger partial charge in [-0.2, -0.15) is 0 Å². The van der Waals surface area contributed by atoms with Crippen molar-refractivity contribution in [3.8, 4) is 11.1 Å². The molecule has 5 rings (SSSR count). The van der Waals surface area contributed by atoms with Crippen LogP contribution in [0.5, 0.6) is 0 Å². The van der Waals surface area contributed by atoms with Crippen LogP contribution in [-0.4, -0.2) is 16.8 Å². The van der Waals surface area contributed by atoms with Crippen molar-refractivity contribution in [3.05, 3.63) is 107 Å². The van der Waals surface area contributed by atoms with Gasteiger partial charge in [-0.3, -0.25) is 0 Å². The average molecular weight is 559 g/mol. The molecule has 0 atom stereocenters. The van der Waals surface area contributed by atoms with E-state index < -0.39 is 25.1 Å². The average Bonchev–Trinajstić information content (AvgIpc) is 3.14. The molecule has 0 saturated heterocycles. The second kappa shape index (κ2) is 9.46. The third-order valence-electron chi connectivity index (χ3n) is 7.95. The smallest absolute Gasteiger partial charge is 0.206 e. The van der Waals surface area contributed by atoms with Crippen molar-refractivity contribution in [2.45, 2.75) is 78.4 Å². The van der Waals surface area contributed by atoms with Crippen molar-refractivity contribution in [1.29, 1.82) is 0 Å². The van der Waals surface area contributed by atoms with Crippen molar-refractivity contribution < 1.29 is 16.8 Å². The van der Waals surface area contributed by atoms with Crippen LogP contribution in [0, 0.1) is 0 Å². The highest BCUT2D eigenvalue weighted by Crippen LogP contribution is 2.50. The SMILES string of the molecule is CC(C)c1ccc(S(=O)(=O)c2ccc3c(c2)C(C)(C)c2cc(S(=O)(=O)c4ccc(C(C)C)cc4)ccc2-3)cc1. The molecule has 0 N–H and O–H groups in total. The van der Waals surface area contributed by atoms with Crippen LogP contribution in [0.1, 0.15) is 75.6 Å². The Labute approximate surface area is 232 Å². The quantitative estimate of drug-likeness (QED) is 0.241. The Morgan fingerprint density at radius 1 is 0.487 bits per heavy atom. The number of hydrogen-bond acceptors (Lipinski definition) is 4. The molecule has 4 aromatic carbocycles. The minimum absolute atomic E-state index is 0.234. The summed E-state index contributed by atoms with van der Waals surface area (Å²) in [4.78, 5) is 0.990. The number of benzene rings is 4. The minimum atomic E-state index is -3.71. The summed E-state index contributed by atoms with van der Waals surface area (Å²) in [6, 6.07) is 24.6. The molecule has 0 fully saturated rings. The maximum Gasteiger partial charge on any atom is 0.206 e. The molecule has 39 heavy (non-hydrogen) atoms. The molecule has 0 heterocycles. The molecule has 1 aliphatic rings. The van der Waals surface area contributed by atoms with Crippen molar-refractivity contribution in [3.63, 3.8) is 0 Å². The topological polar surface area (TPSA) is 68.3 Å². The fourth-order valence-corrected chi connectivity index (χ4v) is 7.94. The van der Waals surface area contributed by atoms with E-state index in [2.05, 4.69) is 27.7 Å². The number of hydrogen-bond donors (Lipinski definition) is 0. The van der Waals surface area contributed by atoms with Crippen molar-refractivity contribution in [1.82, 2.24) is 0 Å². The summed E-state index contributed by atoms with van der Waals surface area (Å²) in [5, 5.41) is 0. The van der Waals surface area contributed by atoms with Gasteiger partial charge in [0, 0.05) is 5.41 Å². The van der Waals surface area contributed by atoms with E-state index in [0.717, 1.165) is 33.4 Å². The van der Waals surface area contributed by atoms with Gasteiger partial charge in [-0.15, -0.1) is 0 Å². The zero-order valence-electron chi connectivity index (χ0n) is 23.2. The van der Waals surface area contributed by atoms with Gasteiger partial charge < -0.3 is 0 Å². The summed E-state index contributed by atoms with van der Waals surface area (Å²) in [6.45, 7) is 12.3. The summed E-state index contributed by atoms with van der Waals surface area (Å²) >= 11 is 0. The van der Waals surface area contributed by atoms with Gasteiger partial charge in [0.1, 0.15) is 0 Å². The normalized spacial score (nSPS) is 14.5. The molecule has 0 unspecified atom stereocenters. The van der Waals surface area contributed by atoms with E-state index in [1.807, 2.05) is 50.2 Å². The van der Waals surface area contributed by atoms with E-state index in [1.165, 1.54) is 0 Å². The summed E-state index contributed by atoms with van der Waals surface area (Å²) in [5.41, 5.74) is 5.18. The molecule has 0 radical (unpaired) electrons. The van der Waals surface area contributed by atoms with Crippen molar-refractivity contribution in [2.24, 2.45) is 0 Å². The zero-order chi connectivity index (χ0) is 28.3. The fourth-order valence-electron chi connectivity index (χ4n) is 5.37. The van der Waals surface area contributed by atoms with Gasteiger partial charge in [0.15, 0.2) is 0 Å². The van der Waals surface area contributed by atoms with Gasteiger partial charge in [-0.25, -0.2) is 16.8 Å². The molecule has 4 aromatic rings. The Hall–Kier alpha value is -3.22. The van der Waals surface area contributed by atoms with Gasteiger partial charge >= 0.3 is 0 Å². The zero-order valence-corrected chi connectivity index (χ0v) is 24.8. The third kappa shape index (κ3) is 4.53. The predicted octanol–water partition coefficient (Wildman–Crippen LogP) is 7.91. The molecule has 0 aliphatic heterocycles. The van der Waals surface area contributed by atoms with Crippen LogP contribution in [0.25, 0.3) is 11.1 Å². The van der Waals surface area contributed by atoms with E-state index in [9.17, 15) is 16.8 Å². The fraction of sp³-hybridized carbons (Fsp3) is 0.273. The first-order valence-corrected chi connectivity index (χ1v) is 16.2. The van der Waals surface area contributed by atoms with E-state index in [1.54, 1.807) is 48.5 Å². The van der Waals surface area contributed by atoms with E-state index >= 15 is 0 Å². The maximum atomic E-state index is 13.5. The number of rotatable bonds is 6. The molecule has 0 aromatic heterocycles. The lowest BCUT2D eigenvalue weighted by molar-refractivity contribution is 0.594. The van der Waals surface area contributed by atoms with Crippen LogP contribution in [-0.2, 0) is 25.1 Å². The first-order chi connectivity index (χ1) is 18.2. The minimum Gasteiger partial charge on any atom is -0.219 e. The van der Waals surface area contributed by atoms with Gasteiger partial charge in [-0.1, -0.05) is 77.9 Å². The molecule has 0 saturated carbocycles. The Morgan fingerprint density at radius 3 is 1.10 bits per heavy atom. The number of fused-ring (bicyclic) bond motifs is 3. The Balaban J connectivity index is 1.54. The van der Waals surface area contributed by atoms with Crippen molar-refractivity contribution >= 4 is 19.7 Å². The lowest BCUT2D eigenvalue weighted by Crippen LogP contribution is -2.16. The molecule has 202 valence electrons. The van der Waals surface area contributed by atoms with E-state index in [4.69, 9.17) is 0 Å². The summed E-state index contributed by atoms with van der Waals surface area (Å²) in [7, 11) is -7.43. The van der Waals surface area contributed by atoms with Crippen LogP contribution in [0.15, 0.2) is 105 Å². The lowest BCUT2D eigenvalue weighted by Gasteiger charge is -2.22. The Kier molecular flexibility index (Phi) is 6.63. The lowest BCUT2D eigenvalue weighted by atomic mass is 9.82. The summed E-state index contributed by atoms with van der Waals surface area (Å²) in [5.74, 6) is 0.628. The molecule has 0 amide bonds. The molecular formula is C33H34O4S2. The highest BCUT2D eigenvalue weighted by atomic mass is 32.2. The van der Waals surface area contributed by atoms with Crippen LogP contribution >= 0.6 is 0 Å². The van der Waals surface area contributed by atoms with Crippen LogP contribution < -0.4 is 0 Å². The first kappa shape index (κ1) is 27.4. The monoisotopic (exact) mass is 558 g/mol. The maximum absolute atomic E-state index is 13.5. The summed E-state index contributed by atoms with van der Waals surface area (Å²) in [6.07, 6.45) is 0. The van der Waals surface area contributed by atoms with Crippen LogP contribution in [0.2, 0.25) is 0 Å². The molecule has 0 bridgehead atoms. The number of sulfone groups is 2. The Morgan fingerprint density at radius 2 is 0.795 bits per heavy atom. The standard InChI is InChI=1S/C33H34O4S2/c1-21(2)23-7-11-25(12-8-23)38(34,35)27-15-17-29-30-18-16-28(20-32(30)33(5,6)31(29)19-27)39(36,37)26-13-9-24(10-14-26)22(3)4/h7-22H,1-6H3. The highest BCUT2D eigenvalue weighted by molar-refractivity contribution is 7.91. The highest BCUT2D eigenvalue weighted by Gasteiger charge is 2.37. The molecule has 0 spiro atoms. The molecular weight excluding hydrogens is 524 g/mol. The van der Waals surface area contributed by atoms with Crippen LogP contribution in [0.4, 0.5) is 0 Å². The van der Waals surface area contributed by atoms with Crippen molar-refractivity contribution in [2.75, 3.05) is 0 Å². The van der Waals surface area contributed by atoms with E-state index in [-0.39, 0.29) is 19.6 Å². The first-order valence-electron chi connectivity index (χ1n) is 13.2. The van der Waals surface area contributed by atoms with Crippen LogP contribution in [0.3, 0.4) is 0 Å². The predicted molar refractivity (Wildman–Crippen MR) is 156 cm³/mol. The molecule has 1 aliphatic carbocycles. The van der Waals surface area contributed by atoms with Gasteiger partial charge in [-0.05, 0) is 93.7 Å². The second-order valence-electron chi connectivity index (χ2n) is 11.5. The van der Waals surface area contributed by atoms with Gasteiger partial charge in [0.25, 0.3) is 0 Å². The third-order valence-corrected chi connectivity index (χ3v) is 11.5. The summed E-state index contributed by atoms with van der Waals surface area (Å²) < 4.78 is 54.1. The van der Waals surface area contributed by atoms with E-state index in [0.29, 0.717) is 11.8 Å². The largest absolute Gasteiger partial charge is 0.219 e.